The van der Waals surface area contributed by atoms with E-state index in [1.807, 2.05) is 20.8 Å². The molecule has 5 rings (SSSR count). The molecule has 3 aromatic rings. The minimum Gasteiger partial charge on any atom is -0.338 e. The number of piperidine rings is 1. The number of carbonyl (C=O) groups excluding carboxylic acids is 1. The average molecular weight is 588 g/mol. The molecular formula is C27H31F2N7O4S. The van der Waals surface area contributed by atoms with Gasteiger partial charge in [-0.1, -0.05) is 0 Å². The highest BCUT2D eigenvalue weighted by Gasteiger charge is 2.44. The number of carbonyl (C=O) groups is 1. The van der Waals surface area contributed by atoms with Crippen molar-refractivity contribution in [2.75, 3.05) is 18.4 Å². The number of H-pyrrole nitrogens is 1. The number of nitrogens with zero attached hydrogens (tertiary/aromatic N) is 5. The first-order valence-corrected chi connectivity index (χ1v) is 14.6. The molecule has 41 heavy (non-hydrogen) atoms. The fraction of sp³-hybridized carbons (Fsp3) is 0.481. The Labute approximate surface area is 235 Å². The highest BCUT2D eigenvalue weighted by atomic mass is 32.2. The van der Waals surface area contributed by atoms with Crippen LogP contribution in [0.5, 0.6) is 0 Å². The molecule has 0 atom stereocenters. The topological polar surface area (TPSA) is 144 Å². The number of aromatic nitrogens is 3. The summed E-state index contributed by atoms with van der Waals surface area (Å²) < 4.78 is 56.5. The molecule has 1 saturated heterocycles. The molecule has 0 unspecified atom stereocenters. The predicted octanol–water partition coefficient (Wildman–Crippen LogP) is 3.66. The van der Waals surface area contributed by atoms with Crippen molar-refractivity contribution in [1.82, 2.24) is 24.0 Å². The Kier molecular flexibility index (Phi) is 6.74. The summed E-state index contributed by atoms with van der Waals surface area (Å²) in [5, 5.41) is 17.8. The summed E-state index contributed by atoms with van der Waals surface area (Å²) in [5.41, 5.74) is -0.424. The minimum absolute atomic E-state index is 0.000816. The second-order valence-corrected chi connectivity index (χ2v) is 13.5. The van der Waals surface area contributed by atoms with Gasteiger partial charge in [0.15, 0.2) is 5.82 Å². The van der Waals surface area contributed by atoms with E-state index in [1.54, 1.807) is 22.9 Å². The molecule has 14 heteroatoms. The van der Waals surface area contributed by atoms with Crippen molar-refractivity contribution in [1.29, 1.82) is 5.26 Å². The van der Waals surface area contributed by atoms with Crippen LogP contribution in [-0.2, 0) is 26.9 Å². The molecule has 2 aliphatic rings. The van der Waals surface area contributed by atoms with Crippen LogP contribution in [0.2, 0.25) is 0 Å². The van der Waals surface area contributed by atoms with Crippen molar-refractivity contribution in [3.05, 3.63) is 46.4 Å². The van der Waals surface area contributed by atoms with Gasteiger partial charge in [0.2, 0.25) is 10.0 Å². The second-order valence-electron chi connectivity index (χ2n) is 11.7. The Morgan fingerprint density at radius 2 is 1.88 bits per heavy atom. The largest absolute Gasteiger partial charge is 0.338 e. The van der Waals surface area contributed by atoms with Crippen LogP contribution < -0.4 is 10.9 Å². The molecule has 2 N–H and O–H groups in total. The molecule has 4 heterocycles. The van der Waals surface area contributed by atoms with Gasteiger partial charge in [-0.05, 0) is 63.4 Å². The van der Waals surface area contributed by atoms with E-state index in [4.69, 9.17) is 5.10 Å². The van der Waals surface area contributed by atoms with Gasteiger partial charge in [-0.3, -0.25) is 14.3 Å². The average Bonchev–Trinajstić information content (AvgIpc) is 3.39. The summed E-state index contributed by atoms with van der Waals surface area (Å²) >= 11 is 0. The highest BCUT2D eigenvalue weighted by molar-refractivity contribution is 7.89. The summed E-state index contributed by atoms with van der Waals surface area (Å²) in [7, 11) is -3.65. The number of amides is 1. The van der Waals surface area contributed by atoms with Crippen molar-refractivity contribution in [2.24, 2.45) is 0 Å². The third-order valence-electron chi connectivity index (χ3n) is 7.77. The number of nitriles is 1. The second kappa shape index (κ2) is 9.63. The zero-order valence-corrected chi connectivity index (χ0v) is 24.0. The standard InChI is InChI=1S/C27H31F2N7O4S/c1-25(2,3)35-16-17-15-18(5-6-20(17)41(35,39)40)32-22-21-19(7-12-31-23(21)37)36(33-22)27(8-11-30)9-13-34(14-10-27)24(38)26(4,28)29/h5-7,12,15H,8-10,13-14,16H2,1-4H3,(H,31,37)(H,32,33). The quantitative estimate of drug-likeness (QED) is 0.464. The van der Waals surface area contributed by atoms with Crippen LogP contribution in [0.3, 0.4) is 0 Å². The van der Waals surface area contributed by atoms with E-state index in [2.05, 4.69) is 16.4 Å². The van der Waals surface area contributed by atoms with Crippen LogP contribution in [0, 0.1) is 11.3 Å². The van der Waals surface area contributed by atoms with Gasteiger partial charge in [-0.15, -0.1) is 0 Å². The number of sulfonamides is 1. The summed E-state index contributed by atoms with van der Waals surface area (Å²) in [4.78, 5) is 29.1. The molecule has 1 fully saturated rings. The number of halogens is 2. The smallest absolute Gasteiger partial charge is 0.322 e. The van der Waals surface area contributed by atoms with E-state index in [9.17, 15) is 32.0 Å². The number of pyridine rings is 1. The molecule has 11 nitrogen and oxygen atoms in total. The lowest BCUT2D eigenvalue weighted by Gasteiger charge is -2.41. The van der Waals surface area contributed by atoms with Crippen molar-refractivity contribution in [3.63, 3.8) is 0 Å². The van der Waals surface area contributed by atoms with Crippen LogP contribution in [0.1, 0.15) is 52.5 Å². The lowest BCUT2D eigenvalue weighted by molar-refractivity contribution is -0.157. The Bertz CT molecular complexity index is 1740. The number of nitrogens with one attached hydrogen (secondary N) is 2. The molecule has 0 saturated carbocycles. The molecule has 1 amide bonds. The molecule has 2 aromatic heterocycles. The predicted molar refractivity (Wildman–Crippen MR) is 147 cm³/mol. The first-order valence-electron chi connectivity index (χ1n) is 13.2. The lowest BCUT2D eigenvalue weighted by atomic mass is 9.84. The molecule has 0 spiro atoms. The first kappa shape index (κ1) is 28.7. The van der Waals surface area contributed by atoms with Gasteiger partial charge in [0.1, 0.15) is 5.39 Å². The minimum atomic E-state index is -3.65. The summed E-state index contributed by atoms with van der Waals surface area (Å²) in [6.45, 7) is 6.24. The van der Waals surface area contributed by atoms with Crippen LogP contribution in [-0.4, -0.2) is 62.8 Å². The highest BCUT2D eigenvalue weighted by Crippen LogP contribution is 2.40. The van der Waals surface area contributed by atoms with E-state index in [0.717, 1.165) is 4.90 Å². The number of hydrogen-bond acceptors (Lipinski definition) is 7. The maximum absolute atomic E-state index is 13.7. The molecule has 0 radical (unpaired) electrons. The van der Waals surface area contributed by atoms with Gasteiger partial charge in [0.05, 0.1) is 28.4 Å². The number of alkyl halides is 2. The fourth-order valence-corrected chi connectivity index (χ4v) is 7.63. The summed E-state index contributed by atoms with van der Waals surface area (Å²) in [6.07, 6.45) is 1.82. The third-order valence-corrected chi connectivity index (χ3v) is 9.98. The molecular weight excluding hydrogens is 556 g/mol. The summed E-state index contributed by atoms with van der Waals surface area (Å²) in [5.74, 6) is -4.57. The zero-order chi connectivity index (χ0) is 30.0. The van der Waals surface area contributed by atoms with E-state index >= 15 is 0 Å². The molecule has 0 aliphatic carbocycles. The fourth-order valence-electron chi connectivity index (χ4n) is 5.67. The third kappa shape index (κ3) is 4.87. The van der Waals surface area contributed by atoms with Crippen LogP contribution in [0.4, 0.5) is 20.3 Å². The number of likely N-dealkylation sites (tertiary alicyclic amines) is 1. The monoisotopic (exact) mass is 587 g/mol. The van der Waals surface area contributed by atoms with Gasteiger partial charge in [0, 0.05) is 44.0 Å². The van der Waals surface area contributed by atoms with E-state index in [1.165, 1.54) is 16.6 Å². The molecule has 218 valence electrons. The van der Waals surface area contributed by atoms with Crippen molar-refractivity contribution >= 4 is 38.3 Å². The van der Waals surface area contributed by atoms with E-state index < -0.39 is 38.5 Å². The van der Waals surface area contributed by atoms with Crippen molar-refractivity contribution in [2.45, 2.75) is 75.4 Å². The Hall–Kier alpha value is -3.83. The SMILES string of the molecule is CC(F)(F)C(=O)N1CCC(CC#N)(n2nc(Nc3ccc4c(c3)CN(C(C)(C)C)S4(=O)=O)c3c(=O)[nH]ccc32)CC1. The van der Waals surface area contributed by atoms with Crippen LogP contribution in [0.15, 0.2) is 40.2 Å². The molecule has 1 aromatic carbocycles. The van der Waals surface area contributed by atoms with Gasteiger partial charge < -0.3 is 15.2 Å². The van der Waals surface area contributed by atoms with Crippen molar-refractivity contribution < 1.29 is 22.0 Å². The normalized spacial score (nSPS) is 18.7. The van der Waals surface area contributed by atoms with Crippen LogP contribution >= 0.6 is 0 Å². The number of fused-ring (bicyclic) bond motifs is 2. The van der Waals surface area contributed by atoms with Crippen molar-refractivity contribution in [3.8, 4) is 6.07 Å². The summed E-state index contributed by atoms with van der Waals surface area (Å²) in [6, 6.07) is 8.65. The Morgan fingerprint density at radius 1 is 1.20 bits per heavy atom. The number of rotatable bonds is 5. The maximum Gasteiger partial charge on any atom is 0.322 e. The Balaban J connectivity index is 1.53. The van der Waals surface area contributed by atoms with Gasteiger partial charge in [-0.2, -0.15) is 23.4 Å². The van der Waals surface area contributed by atoms with Gasteiger partial charge in [0.25, 0.3) is 11.5 Å². The first-order chi connectivity index (χ1) is 19.1. The number of hydrogen-bond donors (Lipinski definition) is 2. The zero-order valence-electron chi connectivity index (χ0n) is 23.2. The number of benzene rings is 1. The van der Waals surface area contributed by atoms with E-state index in [0.29, 0.717) is 23.7 Å². The Morgan fingerprint density at radius 3 is 2.49 bits per heavy atom. The molecule has 2 aliphatic heterocycles. The molecule has 0 bridgehead atoms. The lowest BCUT2D eigenvalue weighted by Crippen LogP contribution is -2.51. The van der Waals surface area contributed by atoms with E-state index in [-0.39, 0.29) is 55.0 Å². The number of anilines is 2. The maximum atomic E-state index is 13.7. The van der Waals surface area contributed by atoms with Gasteiger partial charge >= 0.3 is 5.92 Å². The van der Waals surface area contributed by atoms with Gasteiger partial charge in [-0.25, -0.2) is 8.42 Å². The number of aromatic amines is 1. The van der Waals surface area contributed by atoms with Crippen LogP contribution in [0.25, 0.3) is 10.9 Å².